The molecule has 1 saturated heterocycles. The molecule has 0 radical (unpaired) electrons. The minimum absolute atomic E-state index is 0.0363. The van der Waals surface area contributed by atoms with Gasteiger partial charge in [0.05, 0.1) is 30.0 Å². The number of nitrogens with zero attached hydrogens (tertiary/aromatic N) is 2. The van der Waals surface area contributed by atoms with Gasteiger partial charge in [-0.15, -0.1) is 0 Å². The first-order chi connectivity index (χ1) is 17.3. The average Bonchev–Trinajstić information content (AvgIpc) is 3.40. The van der Waals surface area contributed by atoms with Gasteiger partial charge in [-0.1, -0.05) is 59.4 Å². The van der Waals surface area contributed by atoms with Crippen LogP contribution < -0.4 is 14.4 Å². The Morgan fingerprint density at radius 2 is 1.69 bits per heavy atom. The van der Waals surface area contributed by atoms with Crippen molar-refractivity contribution in [3.8, 4) is 11.5 Å². The molecule has 182 valence electrons. The number of aliphatic hydroxyl groups excluding tert-OH is 1. The number of carbonyl (C=O) groups excluding carboxylic acids is 2. The fourth-order valence-corrected chi connectivity index (χ4v) is 5.53. The van der Waals surface area contributed by atoms with E-state index in [-0.39, 0.29) is 11.3 Å². The number of ketones is 1. The Bertz CT molecular complexity index is 1540. The summed E-state index contributed by atoms with van der Waals surface area (Å²) in [7, 11) is 3.01. The first-order valence-electron chi connectivity index (χ1n) is 11.3. The number of aromatic nitrogens is 1. The molecule has 5 rings (SSSR count). The summed E-state index contributed by atoms with van der Waals surface area (Å²) >= 11 is 1.31. The number of thiazole rings is 1. The van der Waals surface area contributed by atoms with Gasteiger partial charge in [-0.3, -0.25) is 14.5 Å². The minimum Gasteiger partial charge on any atom is -0.507 e. The number of Topliss-reactive ketones (excluding diaryl/α,β-unsaturated/α-hetero) is 1. The van der Waals surface area contributed by atoms with Gasteiger partial charge in [0, 0.05) is 11.1 Å². The van der Waals surface area contributed by atoms with Gasteiger partial charge < -0.3 is 14.6 Å². The molecule has 0 aliphatic carbocycles. The largest absolute Gasteiger partial charge is 0.507 e. The van der Waals surface area contributed by atoms with E-state index in [0.29, 0.717) is 27.8 Å². The molecule has 0 unspecified atom stereocenters. The lowest BCUT2D eigenvalue weighted by Gasteiger charge is -2.25. The maximum atomic E-state index is 13.5. The Balaban J connectivity index is 1.79. The number of rotatable bonds is 5. The number of para-hydroxylation sites is 1. The van der Waals surface area contributed by atoms with Crippen molar-refractivity contribution in [3.63, 3.8) is 0 Å². The standard InChI is InChI=1S/C28H24N2O5S/c1-15-8-11-17(12-9-15)24(31)22-23(18-6-5-7-20(34-3)26(18)35-4)30(27(33)25(22)32)28-29-19-13-10-16(2)14-21(19)36-28/h5-14,23,31H,1-4H3/b24-22+/t23-/m0/s1. The Kier molecular flexibility index (Phi) is 5.97. The summed E-state index contributed by atoms with van der Waals surface area (Å²) in [5.74, 6) is -1.02. The number of fused-ring (bicyclic) bond motifs is 1. The molecule has 2 heterocycles. The molecule has 7 nitrogen and oxygen atoms in total. The molecule has 1 atom stereocenters. The van der Waals surface area contributed by atoms with Gasteiger partial charge in [0.2, 0.25) is 0 Å². The predicted octanol–water partition coefficient (Wildman–Crippen LogP) is 5.56. The number of anilines is 1. The molecular formula is C28H24N2O5S. The highest BCUT2D eigenvalue weighted by Crippen LogP contribution is 2.48. The number of hydrogen-bond donors (Lipinski definition) is 1. The first-order valence-corrected chi connectivity index (χ1v) is 12.1. The number of hydrogen-bond acceptors (Lipinski definition) is 7. The number of methoxy groups -OCH3 is 2. The van der Waals surface area contributed by atoms with Crippen LogP contribution in [-0.4, -0.2) is 36.0 Å². The fourth-order valence-electron chi connectivity index (χ4n) is 4.44. The summed E-state index contributed by atoms with van der Waals surface area (Å²) in [5, 5.41) is 11.7. The molecule has 1 aliphatic heterocycles. The minimum atomic E-state index is -0.974. The summed E-state index contributed by atoms with van der Waals surface area (Å²) < 4.78 is 12.0. The quantitative estimate of drug-likeness (QED) is 0.219. The van der Waals surface area contributed by atoms with Crippen molar-refractivity contribution in [2.24, 2.45) is 0 Å². The summed E-state index contributed by atoms with van der Waals surface area (Å²) in [6, 6.07) is 17.2. The monoisotopic (exact) mass is 500 g/mol. The van der Waals surface area contributed by atoms with Crippen molar-refractivity contribution >= 4 is 44.1 Å². The molecule has 1 aromatic heterocycles. The molecule has 0 saturated carbocycles. The smallest absolute Gasteiger partial charge is 0.301 e. The molecular weight excluding hydrogens is 476 g/mol. The molecule has 3 aromatic carbocycles. The van der Waals surface area contributed by atoms with E-state index in [9.17, 15) is 14.7 Å². The van der Waals surface area contributed by atoms with Crippen LogP contribution in [0, 0.1) is 13.8 Å². The van der Waals surface area contributed by atoms with Crippen molar-refractivity contribution < 1.29 is 24.2 Å². The van der Waals surface area contributed by atoms with Gasteiger partial charge in [-0.2, -0.15) is 0 Å². The van der Waals surface area contributed by atoms with Gasteiger partial charge in [0.1, 0.15) is 11.8 Å². The van der Waals surface area contributed by atoms with Gasteiger partial charge in [0.15, 0.2) is 16.6 Å². The second kappa shape index (κ2) is 9.13. The van der Waals surface area contributed by atoms with Crippen LogP contribution in [0.15, 0.2) is 66.2 Å². The number of aryl methyl sites for hydroxylation is 2. The van der Waals surface area contributed by atoms with Crippen molar-refractivity contribution in [1.82, 2.24) is 4.98 Å². The Morgan fingerprint density at radius 1 is 0.972 bits per heavy atom. The molecule has 1 aliphatic rings. The van der Waals surface area contributed by atoms with E-state index in [4.69, 9.17) is 9.47 Å². The van der Waals surface area contributed by atoms with Crippen LogP contribution in [0.2, 0.25) is 0 Å². The molecule has 36 heavy (non-hydrogen) atoms. The lowest BCUT2D eigenvalue weighted by molar-refractivity contribution is -0.132. The summed E-state index contributed by atoms with van der Waals surface area (Å²) in [5.41, 5.74) is 3.68. The fraction of sp³-hybridized carbons (Fsp3) is 0.179. The van der Waals surface area contributed by atoms with Gasteiger partial charge >= 0.3 is 5.91 Å². The third-order valence-corrected chi connectivity index (χ3v) is 7.25. The van der Waals surface area contributed by atoms with Crippen LogP contribution in [-0.2, 0) is 9.59 Å². The lowest BCUT2D eigenvalue weighted by Crippen LogP contribution is -2.29. The average molecular weight is 501 g/mol. The maximum absolute atomic E-state index is 13.5. The highest BCUT2D eigenvalue weighted by molar-refractivity contribution is 7.22. The number of amides is 1. The van der Waals surface area contributed by atoms with Crippen LogP contribution in [0.3, 0.4) is 0 Å². The van der Waals surface area contributed by atoms with Crippen LogP contribution in [0.25, 0.3) is 16.0 Å². The van der Waals surface area contributed by atoms with Gasteiger partial charge in [-0.05, 0) is 37.6 Å². The predicted molar refractivity (Wildman–Crippen MR) is 140 cm³/mol. The van der Waals surface area contributed by atoms with E-state index in [1.54, 1.807) is 30.3 Å². The Morgan fingerprint density at radius 3 is 2.39 bits per heavy atom. The highest BCUT2D eigenvalue weighted by Gasteiger charge is 2.49. The highest BCUT2D eigenvalue weighted by atomic mass is 32.1. The van der Waals surface area contributed by atoms with Gasteiger partial charge in [0.25, 0.3) is 5.78 Å². The Hall–Kier alpha value is -4.17. The van der Waals surface area contributed by atoms with Crippen molar-refractivity contribution in [1.29, 1.82) is 0 Å². The third-order valence-electron chi connectivity index (χ3n) is 6.24. The molecule has 0 spiro atoms. The molecule has 1 N–H and O–H groups in total. The SMILES string of the molecule is COc1cccc([C@H]2/C(=C(\O)c3ccc(C)cc3)C(=O)C(=O)N2c2nc3ccc(C)cc3s2)c1OC. The molecule has 1 amide bonds. The molecule has 0 bridgehead atoms. The number of ether oxygens (including phenoxy) is 2. The number of aliphatic hydroxyl groups is 1. The molecule has 1 fully saturated rings. The van der Waals surface area contributed by atoms with E-state index in [0.717, 1.165) is 21.3 Å². The Labute approximate surface area is 212 Å². The zero-order valence-electron chi connectivity index (χ0n) is 20.2. The van der Waals surface area contributed by atoms with E-state index in [1.165, 1.54) is 30.5 Å². The van der Waals surface area contributed by atoms with Crippen LogP contribution in [0.4, 0.5) is 5.13 Å². The van der Waals surface area contributed by atoms with Gasteiger partial charge in [-0.25, -0.2) is 4.98 Å². The second-order valence-corrected chi connectivity index (χ2v) is 9.59. The van der Waals surface area contributed by atoms with E-state index in [2.05, 4.69) is 4.98 Å². The van der Waals surface area contributed by atoms with E-state index < -0.39 is 17.7 Å². The van der Waals surface area contributed by atoms with Crippen molar-refractivity contribution in [2.45, 2.75) is 19.9 Å². The number of benzene rings is 3. The third kappa shape index (κ3) is 3.79. The summed E-state index contributed by atoms with van der Waals surface area (Å²) in [6.45, 7) is 3.91. The number of carbonyl (C=O) groups is 2. The zero-order valence-corrected chi connectivity index (χ0v) is 21.1. The van der Waals surface area contributed by atoms with Crippen LogP contribution in [0.5, 0.6) is 11.5 Å². The van der Waals surface area contributed by atoms with Crippen molar-refractivity contribution in [2.75, 3.05) is 19.1 Å². The van der Waals surface area contributed by atoms with Crippen molar-refractivity contribution in [3.05, 3.63) is 88.5 Å². The zero-order chi connectivity index (χ0) is 25.6. The van der Waals surface area contributed by atoms with E-state index >= 15 is 0 Å². The summed E-state index contributed by atoms with van der Waals surface area (Å²) in [6.07, 6.45) is 0. The topological polar surface area (TPSA) is 89.0 Å². The second-order valence-electron chi connectivity index (χ2n) is 8.59. The lowest BCUT2D eigenvalue weighted by atomic mass is 9.94. The molecule has 8 heteroatoms. The summed E-state index contributed by atoms with van der Waals surface area (Å²) in [4.78, 5) is 33.0. The first kappa shape index (κ1) is 23.6. The van der Waals surface area contributed by atoms with Crippen LogP contribution in [0.1, 0.15) is 28.3 Å². The van der Waals surface area contributed by atoms with Crippen LogP contribution >= 0.6 is 11.3 Å². The van der Waals surface area contributed by atoms with E-state index in [1.807, 2.05) is 44.2 Å². The molecule has 4 aromatic rings. The maximum Gasteiger partial charge on any atom is 0.301 e. The normalized spacial score (nSPS) is 17.1.